The monoisotopic (exact) mass is 530 g/mol. The molecule has 36 heavy (non-hydrogen) atoms. The molecule has 1 atom stereocenters. The van der Waals surface area contributed by atoms with E-state index in [4.69, 9.17) is 9.31 Å². The SMILES string of the molecule is C/C=C1\CCC(S(=O)(=O)c2ccccc2)(S(=O)(=O)c2ccccc2)C[C@H]1CB1OC(C)(C)C(C)(C)O1. The zero-order chi connectivity index (χ0) is 26.4. The van der Waals surface area contributed by atoms with Gasteiger partial charge in [-0.3, -0.25) is 0 Å². The predicted molar refractivity (Wildman–Crippen MR) is 142 cm³/mol. The molecular weight excluding hydrogens is 495 g/mol. The number of allylic oxidation sites excluding steroid dienone is 2. The molecule has 2 aromatic rings. The molecular formula is C27H35BO6S2. The smallest absolute Gasteiger partial charge is 0.403 e. The van der Waals surface area contributed by atoms with Crippen LogP contribution < -0.4 is 0 Å². The highest BCUT2D eigenvalue weighted by Crippen LogP contribution is 2.51. The van der Waals surface area contributed by atoms with Gasteiger partial charge in [0.05, 0.1) is 21.0 Å². The van der Waals surface area contributed by atoms with Crippen molar-refractivity contribution in [2.24, 2.45) is 5.92 Å². The maximum absolute atomic E-state index is 14.3. The average Bonchev–Trinajstić information content (AvgIpc) is 3.05. The summed E-state index contributed by atoms with van der Waals surface area (Å²) in [5.74, 6) is -0.338. The van der Waals surface area contributed by atoms with Gasteiger partial charge in [-0.15, -0.1) is 0 Å². The van der Waals surface area contributed by atoms with Crippen LogP contribution in [0.1, 0.15) is 53.9 Å². The van der Waals surface area contributed by atoms with Crippen molar-refractivity contribution in [1.29, 1.82) is 0 Å². The molecule has 1 saturated carbocycles. The van der Waals surface area contributed by atoms with Gasteiger partial charge < -0.3 is 9.31 Å². The first-order valence-electron chi connectivity index (χ1n) is 12.4. The van der Waals surface area contributed by atoms with Gasteiger partial charge in [-0.2, -0.15) is 0 Å². The Hall–Kier alpha value is -1.94. The fourth-order valence-electron chi connectivity index (χ4n) is 5.32. The molecule has 0 radical (unpaired) electrons. The minimum absolute atomic E-state index is 0.0129. The van der Waals surface area contributed by atoms with Gasteiger partial charge in [0, 0.05) is 0 Å². The van der Waals surface area contributed by atoms with Crippen LogP contribution >= 0.6 is 0 Å². The molecule has 1 aliphatic carbocycles. The van der Waals surface area contributed by atoms with E-state index in [2.05, 4.69) is 0 Å². The maximum Gasteiger partial charge on any atom is 0.458 e. The largest absolute Gasteiger partial charge is 0.458 e. The Bertz CT molecular complexity index is 1250. The minimum Gasteiger partial charge on any atom is -0.403 e. The topological polar surface area (TPSA) is 86.7 Å². The van der Waals surface area contributed by atoms with Crippen molar-refractivity contribution in [1.82, 2.24) is 0 Å². The van der Waals surface area contributed by atoms with Crippen molar-refractivity contribution in [3.05, 3.63) is 72.3 Å². The quantitative estimate of drug-likeness (QED) is 0.364. The van der Waals surface area contributed by atoms with Gasteiger partial charge >= 0.3 is 7.12 Å². The Kier molecular flexibility index (Phi) is 7.10. The van der Waals surface area contributed by atoms with Crippen molar-refractivity contribution in [3.63, 3.8) is 0 Å². The molecule has 1 saturated heterocycles. The number of rotatable bonds is 6. The number of hydrogen-bond acceptors (Lipinski definition) is 6. The third-order valence-electron chi connectivity index (χ3n) is 8.11. The highest BCUT2D eigenvalue weighted by atomic mass is 32.3. The van der Waals surface area contributed by atoms with Crippen molar-refractivity contribution >= 4 is 26.8 Å². The summed E-state index contributed by atoms with van der Waals surface area (Å²) in [6.45, 7) is 9.78. The molecule has 2 fully saturated rings. The lowest BCUT2D eigenvalue weighted by molar-refractivity contribution is 0.00578. The van der Waals surface area contributed by atoms with Crippen LogP contribution in [0.3, 0.4) is 0 Å². The second kappa shape index (κ2) is 9.42. The lowest BCUT2D eigenvalue weighted by Gasteiger charge is -2.41. The molecule has 0 spiro atoms. The molecule has 9 heteroatoms. The molecule has 2 aromatic carbocycles. The van der Waals surface area contributed by atoms with Crippen LogP contribution in [0.4, 0.5) is 0 Å². The first-order valence-corrected chi connectivity index (χ1v) is 15.3. The van der Waals surface area contributed by atoms with Gasteiger partial charge in [-0.25, -0.2) is 16.8 Å². The van der Waals surface area contributed by atoms with Gasteiger partial charge in [0.25, 0.3) is 0 Å². The lowest BCUT2D eigenvalue weighted by Crippen LogP contribution is -2.50. The number of hydrogen-bond donors (Lipinski definition) is 0. The first kappa shape index (κ1) is 27.1. The Labute approximate surface area is 216 Å². The van der Waals surface area contributed by atoms with Crippen LogP contribution in [0.2, 0.25) is 6.32 Å². The Morgan fingerprint density at radius 3 is 1.69 bits per heavy atom. The van der Waals surface area contributed by atoms with Gasteiger partial charge in [0.1, 0.15) is 0 Å². The van der Waals surface area contributed by atoms with Gasteiger partial charge in [-0.1, -0.05) is 48.0 Å². The first-order chi connectivity index (χ1) is 16.8. The van der Waals surface area contributed by atoms with Crippen LogP contribution in [0.25, 0.3) is 0 Å². The van der Waals surface area contributed by atoms with Crippen LogP contribution in [-0.4, -0.2) is 39.2 Å². The fraction of sp³-hybridized carbons (Fsp3) is 0.481. The molecule has 4 rings (SSSR count). The van der Waals surface area contributed by atoms with E-state index in [0.717, 1.165) is 5.57 Å². The minimum atomic E-state index is -4.27. The second-order valence-corrected chi connectivity index (χ2v) is 15.5. The van der Waals surface area contributed by atoms with E-state index in [0.29, 0.717) is 12.7 Å². The molecule has 1 heterocycles. The van der Waals surface area contributed by atoms with Crippen LogP contribution in [0.5, 0.6) is 0 Å². The van der Waals surface area contributed by atoms with E-state index in [1.165, 1.54) is 24.3 Å². The molecule has 0 unspecified atom stereocenters. The molecule has 0 aromatic heterocycles. The van der Waals surface area contributed by atoms with E-state index in [1.54, 1.807) is 36.4 Å². The van der Waals surface area contributed by atoms with Crippen molar-refractivity contribution in [2.45, 2.75) is 85.3 Å². The van der Waals surface area contributed by atoms with Crippen molar-refractivity contribution in [3.8, 4) is 0 Å². The zero-order valence-corrected chi connectivity index (χ0v) is 23.2. The normalized spacial score (nSPS) is 24.6. The molecule has 0 amide bonds. The fourth-order valence-corrected chi connectivity index (χ4v) is 10.5. The summed E-state index contributed by atoms with van der Waals surface area (Å²) in [4.78, 5) is 0.0330. The van der Waals surface area contributed by atoms with Crippen molar-refractivity contribution < 1.29 is 26.1 Å². The highest BCUT2D eigenvalue weighted by molar-refractivity contribution is 8.10. The molecule has 194 valence electrons. The Balaban J connectivity index is 1.82. The third kappa shape index (κ3) is 4.38. The molecule has 2 aliphatic rings. The molecule has 0 bridgehead atoms. The van der Waals surface area contributed by atoms with Crippen molar-refractivity contribution in [2.75, 3.05) is 0 Å². The summed E-state index contributed by atoms with van der Waals surface area (Å²) in [7, 11) is -9.11. The van der Waals surface area contributed by atoms with Gasteiger partial charge in [0.15, 0.2) is 23.8 Å². The van der Waals surface area contributed by atoms with Gasteiger partial charge in [-0.05, 0) is 90.4 Å². The number of sulfone groups is 2. The molecule has 1 aliphatic heterocycles. The van der Waals surface area contributed by atoms with Crippen LogP contribution in [0, 0.1) is 5.92 Å². The second-order valence-electron chi connectivity index (χ2n) is 10.7. The average molecular weight is 531 g/mol. The molecule has 6 nitrogen and oxygen atoms in total. The summed E-state index contributed by atoms with van der Waals surface area (Å²) in [5, 5.41) is 0. The third-order valence-corrected chi connectivity index (χ3v) is 13.9. The summed E-state index contributed by atoms with van der Waals surface area (Å²) in [6.07, 6.45) is 2.64. The predicted octanol–water partition coefficient (Wildman–Crippen LogP) is 5.47. The van der Waals surface area contributed by atoms with E-state index in [9.17, 15) is 16.8 Å². The summed E-state index contributed by atoms with van der Waals surface area (Å²) >= 11 is 0. The standard InChI is InChI=1S/C27H35BO6S2/c1-6-21-17-18-27(35(29,30)23-13-9-7-10-14-23,36(31,32)24-15-11-8-12-16-24)19-22(21)20-28-33-25(2,3)26(4,5)34-28/h6-16,22H,17-20H2,1-5H3/b21-6+/t22-/m0/s1. The van der Waals surface area contributed by atoms with E-state index in [1.807, 2.05) is 40.7 Å². The van der Waals surface area contributed by atoms with E-state index in [-0.39, 0.29) is 28.6 Å². The molecule has 0 N–H and O–H groups in total. The van der Waals surface area contributed by atoms with E-state index < -0.39 is 42.1 Å². The zero-order valence-electron chi connectivity index (χ0n) is 21.6. The van der Waals surface area contributed by atoms with Crippen LogP contribution in [-0.2, 0) is 29.0 Å². The Morgan fingerprint density at radius 1 is 0.833 bits per heavy atom. The van der Waals surface area contributed by atoms with Crippen LogP contribution in [0.15, 0.2) is 82.1 Å². The summed E-state index contributed by atoms with van der Waals surface area (Å²) < 4.78 is 67.4. The summed E-state index contributed by atoms with van der Waals surface area (Å²) in [6, 6.07) is 15.8. The lowest BCUT2D eigenvalue weighted by atomic mass is 9.69. The summed E-state index contributed by atoms with van der Waals surface area (Å²) in [5.41, 5.74) is -0.0378. The maximum atomic E-state index is 14.3. The van der Waals surface area contributed by atoms with Gasteiger partial charge in [0.2, 0.25) is 0 Å². The number of benzene rings is 2. The highest BCUT2D eigenvalue weighted by Gasteiger charge is 2.60. The van der Waals surface area contributed by atoms with E-state index >= 15 is 0 Å². The Morgan fingerprint density at radius 2 is 1.28 bits per heavy atom.